The van der Waals surface area contributed by atoms with Crippen molar-refractivity contribution in [1.29, 1.82) is 0 Å². The summed E-state index contributed by atoms with van der Waals surface area (Å²) in [5.41, 5.74) is 6.52. The maximum atomic E-state index is 13.1. The summed E-state index contributed by atoms with van der Waals surface area (Å²) in [6.45, 7) is 1.43. The Hall–Kier alpha value is -1.88. The van der Waals surface area contributed by atoms with Gasteiger partial charge < -0.3 is 5.73 Å². The molecular formula is C14H11F2NOS. The van der Waals surface area contributed by atoms with Gasteiger partial charge in [-0.15, -0.1) is 0 Å². The number of ketones is 1. The predicted molar refractivity (Wildman–Crippen MR) is 71.3 cm³/mol. The molecule has 0 radical (unpaired) electrons. The lowest BCUT2D eigenvalue weighted by Crippen LogP contribution is -1.99. The summed E-state index contributed by atoms with van der Waals surface area (Å²) in [5.74, 6) is -1.91. The van der Waals surface area contributed by atoms with Crippen molar-refractivity contribution in [3.8, 4) is 0 Å². The van der Waals surface area contributed by atoms with E-state index >= 15 is 0 Å². The van der Waals surface area contributed by atoms with Crippen LogP contribution in [0.4, 0.5) is 14.5 Å². The van der Waals surface area contributed by atoms with Crippen molar-refractivity contribution in [2.75, 3.05) is 5.73 Å². The van der Waals surface area contributed by atoms with Crippen molar-refractivity contribution < 1.29 is 13.6 Å². The summed E-state index contributed by atoms with van der Waals surface area (Å²) in [4.78, 5) is 12.7. The van der Waals surface area contributed by atoms with Crippen LogP contribution in [-0.2, 0) is 0 Å². The van der Waals surface area contributed by atoms with Crippen molar-refractivity contribution >= 4 is 23.2 Å². The van der Waals surface area contributed by atoms with Gasteiger partial charge in [-0.1, -0.05) is 11.8 Å². The normalized spacial score (nSPS) is 10.5. The van der Waals surface area contributed by atoms with E-state index in [4.69, 9.17) is 5.73 Å². The molecule has 0 spiro atoms. The van der Waals surface area contributed by atoms with E-state index in [0.29, 0.717) is 16.1 Å². The molecule has 0 unspecified atom stereocenters. The molecule has 0 aliphatic carbocycles. The van der Waals surface area contributed by atoms with Gasteiger partial charge in [-0.2, -0.15) is 0 Å². The Balaban J connectivity index is 2.30. The molecule has 0 aliphatic heterocycles. The molecule has 0 saturated heterocycles. The number of nitrogens with two attached hydrogens (primary N) is 1. The fourth-order valence-electron chi connectivity index (χ4n) is 1.58. The highest BCUT2D eigenvalue weighted by atomic mass is 32.2. The highest BCUT2D eigenvalue weighted by Gasteiger charge is 2.08. The van der Waals surface area contributed by atoms with Gasteiger partial charge in [0.1, 0.15) is 0 Å². The summed E-state index contributed by atoms with van der Waals surface area (Å²) in [7, 11) is 0. The Morgan fingerprint density at radius 1 is 1.05 bits per heavy atom. The number of carbonyl (C=O) groups is 1. The van der Waals surface area contributed by atoms with Crippen LogP contribution in [0.5, 0.6) is 0 Å². The molecule has 0 aromatic heterocycles. The zero-order valence-electron chi connectivity index (χ0n) is 10.1. The Kier molecular flexibility index (Phi) is 3.85. The highest BCUT2D eigenvalue weighted by Crippen LogP contribution is 2.30. The standard InChI is InChI=1S/C14H11F2NOS/c1-8(18)11-6-9(3-5-14(11)17)19-10-2-4-12(15)13(16)7-10/h2-7H,17H2,1H3. The molecule has 2 rings (SSSR count). The molecule has 2 aromatic carbocycles. The monoisotopic (exact) mass is 279 g/mol. The van der Waals surface area contributed by atoms with Gasteiger partial charge in [-0.05, 0) is 43.3 Å². The summed E-state index contributed by atoms with van der Waals surface area (Å²) in [6.07, 6.45) is 0. The van der Waals surface area contributed by atoms with Crippen LogP contribution in [0.25, 0.3) is 0 Å². The molecule has 98 valence electrons. The van der Waals surface area contributed by atoms with Gasteiger partial charge in [0.05, 0.1) is 0 Å². The molecule has 0 fully saturated rings. The van der Waals surface area contributed by atoms with Crippen molar-refractivity contribution in [2.24, 2.45) is 0 Å². The van der Waals surface area contributed by atoms with Crippen LogP contribution in [0.1, 0.15) is 17.3 Å². The molecule has 0 atom stereocenters. The highest BCUT2D eigenvalue weighted by molar-refractivity contribution is 7.99. The van der Waals surface area contributed by atoms with E-state index in [0.717, 1.165) is 17.0 Å². The number of hydrogen-bond acceptors (Lipinski definition) is 3. The number of nitrogen functional groups attached to an aromatic ring is 1. The van der Waals surface area contributed by atoms with Crippen LogP contribution in [0.2, 0.25) is 0 Å². The van der Waals surface area contributed by atoms with E-state index in [1.807, 2.05) is 0 Å². The topological polar surface area (TPSA) is 43.1 Å². The summed E-state index contributed by atoms with van der Waals surface area (Å²) < 4.78 is 25.9. The minimum Gasteiger partial charge on any atom is -0.398 e. The molecule has 2 nitrogen and oxygen atoms in total. The van der Waals surface area contributed by atoms with Crippen molar-refractivity contribution in [1.82, 2.24) is 0 Å². The number of halogens is 2. The lowest BCUT2D eigenvalue weighted by Gasteiger charge is -2.06. The van der Waals surface area contributed by atoms with E-state index in [1.54, 1.807) is 18.2 Å². The summed E-state index contributed by atoms with van der Waals surface area (Å²) in [6, 6.07) is 8.66. The predicted octanol–water partition coefficient (Wildman–Crippen LogP) is 3.90. The first kappa shape index (κ1) is 13.5. The fourth-order valence-corrected chi connectivity index (χ4v) is 2.46. The number of carbonyl (C=O) groups excluding carboxylic acids is 1. The average Bonchev–Trinajstić information content (AvgIpc) is 2.36. The number of benzene rings is 2. The Bertz CT molecular complexity index is 643. The maximum absolute atomic E-state index is 13.1. The van der Waals surface area contributed by atoms with Crippen LogP contribution < -0.4 is 5.73 Å². The van der Waals surface area contributed by atoms with Gasteiger partial charge >= 0.3 is 0 Å². The summed E-state index contributed by atoms with van der Waals surface area (Å²) >= 11 is 1.24. The maximum Gasteiger partial charge on any atom is 0.161 e. The molecule has 5 heteroatoms. The molecule has 0 saturated carbocycles. The number of Topliss-reactive ketones (excluding diaryl/α,β-unsaturated/α-hetero) is 1. The Labute approximate surface area is 113 Å². The van der Waals surface area contributed by atoms with E-state index in [2.05, 4.69) is 0 Å². The molecule has 0 bridgehead atoms. The van der Waals surface area contributed by atoms with Crippen LogP contribution in [0.3, 0.4) is 0 Å². The molecular weight excluding hydrogens is 268 g/mol. The minimum atomic E-state index is -0.896. The van der Waals surface area contributed by atoms with Crippen LogP contribution in [0, 0.1) is 11.6 Å². The molecule has 2 aromatic rings. The third-order valence-electron chi connectivity index (χ3n) is 2.53. The first-order valence-electron chi connectivity index (χ1n) is 5.51. The smallest absolute Gasteiger partial charge is 0.161 e. The third-order valence-corrected chi connectivity index (χ3v) is 3.51. The van der Waals surface area contributed by atoms with Gasteiger partial charge in [0, 0.05) is 21.0 Å². The van der Waals surface area contributed by atoms with Gasteiger partial charge in [0.2, 0.25) is 0 Å². The molecule has 2 N–H and O–H groups in total. The number of anilines is 1. The summed E-state index contributed by atoms with van der Waals surface area (Å²) in [5, 5.41) is 0. The van der Waals surface area contributed by atoms with E-state index in [1.165, 1.54) is 24.8 Å². The Morgan fingerprint density at radius 2 is 1.68 bits per heavy atom. The number of hydrogen-bond donors (Lipinski definition) is 1. The zero-order valence-corrected chi connectivity index (χ0v) is 10.9. The second-order valence-electron chi connectivity index (χ2n) is 3.98. The largest absolute Gasteiger partial charge is 0.398 e. The Morgan fingerprint density at radius 3 is 2.32 bits per heavy atom. The average molecular weight is 279 g/mol. The second-order valence-corrected chi connectivity index (χ2v) is 5.13. The van der Waals surface area contributed by atoms with E-state index in [9.17, 15) is 13.6 Å². The van der Waals surface area contributed by atoms with Crippen molar-refractivity contribution in [2.45, 2.75) is 16.7 Å². The molecule has 19 heavy (non-hydrogen) atoms. The SMILES string of the molecule is CC(=O)c1cc(Sc2ccc(F)c(F)c2)ccc1N. The molecule has 0 heterocycles. The van der Waals surface area contributed by atoms with Crippen LogP contribution in [-0.4, -0.2) is 5.78 Å². The van der Waals surface area contributed by atoms with Gasteiger partial charge in [-0.3, -0.25) is 4.79 Å². The van der Waals surface area contributed by atoms with E-state index in [-0.39, 0.29) is 5.78 Å². The van der Waals surface area contributed by atoms with Crippen LogP contribution >= 0.6 is 11.8 Å². The quantitative estimate of drug-likeness (QED) is 0.684. The zero-order chi connectivity index (χ0) is 14.0. The fraction of sp³-hybridized carbons (Fsp3) is 0.0714. The van der Waals surface area contributed by atoms with Gasteiger partial charge in [0.25, 0.3) is 0 Å². The minimum absolute atomic E-state index is 0.134. The lowest BCUT2D eigenvalue weighted by atomic mass is 10.1. The van der Waals surface area contributed by atoms with Gasteiger partial charge in [-0.25, -0.2) is 8.78 Å². The van der Waals surface area contributed by atoms with Crippen molar-refractivity contribution in [3.63, 3.8) is 0 Å². The van der Waals surface area contributed by atoms with Crippen LogP contribution in [0.15, 0.2) is 46.2 Å². The van der Waals surface area contributed by atoms with E-state index < -0.39 is 11.6 Å². The van der Waals surface area contributed by atoms with Gasteiger partial charge in [0.15, 0.2) is 17.4 Å². The second kappa shape index (κ2) is 5.40. The first-order valence-corrected chi connectivity index (χ1v) is 6.32. The third kappa shape index (κ3) is 3.12. The molecule has 0 aliphatic rings. The van der Waals surface area contributed by atoms with Crippen molar-refractivity contribution in [3.05, 3.63) is 53.6 Å². The lowest BCUT2D eigenvalue weighted by molar-refractivity contribution is 0.101. The first-order chi connectivity index (χ1) is 8.97. The molecule has 0 amide bonds. The number of rotatable bonds is 3.